The van der Waals surface area contributed by atoms with Gasteiger partial charge in [0.05, 0.1) is 12.3 Å². The molecule has 0 aromatic heterocycles. The van der Waals surface area contributed by atoms with Gasteiger partial charge in [-0.25, -0.2) is 0 Å². The van der Waals surface area contributed by atoms with Gasteiger partial charge >= 0.3 is 5.97 Å². The average Bonchev–Trinajstić information content (AvgIpc) is 2.60. The van der Waals surface area contributed by atoms with Gasteiger partial charge in [-0.1, -0.05) is 13.8 Å². The molecule has 1 amide bonds. The Balaban J connectivity index is 2.24. The van der Waals surface area contributed by atoms with Crippen molar-refractivity contribution >= 4 is 23.3 Å². The summed E-state index contributed by atoms with van der Waals surface area (Å²) < 4.78 is 16.0. The minimum atomic E-state index is -0.693. The maximum atomic E-state index is 12.8. The van der Waals surface area contributed by atoms with Crippen molar-refractivity contribution in [1.29, 1.82) is 0 Å². The van der Waals surface area contributed by atoms with Crippen molar-refractivity contribution < 1.29 is 28.6 Å². The second-order valence-corrected chi connectivity index (χ2v) is 6.36. The molecule has 0 spiro atoms. The van der Waals surface area contributed by atoms with Gasteiger partial charge in [0.1, 0.15) is 18.9 Å². The highest BCUT2D eigenvalue weighted by molar-refractivity contribution is 6.05. The molecule has 0 fully saturated rings. The fourth-order valence-corrected chi connectivity index (χ4v) is 2.62. The van der Waals surface area contributed by atoms with E-state index in [0.29, 0.717) is 30.2 Å². The molecule has 1 heterocycles. The SMILES string of the molecule is CCOCCOC(=O)CN1C(=O)C(C(C)C)Oc2ccc(C(C)=O)cc21. The molecule has 1 aromatic rings. The number of ketones is 1. The molecule has 0 aliphatic carbocycles. The molecule has 7 nitrogen and oxygen atoms in total. The first kappa shape index (κ1) is 19.9. The van der Waals surface area contributed by atoms with Crippen molar-refractivity contribution in [2.45, 2.75) is 33.8 Å². The Morgan fingerprint density at radius 1 is 1.27 bits per heavy atom. The van der Waals surface area contributed by atoms with Crippen LogP contribution in [0.25, 0.3) is 0 Å². The van der Waals surface area contributed by atoms with E-state index in [-0.39, 0.29) is 30.8 Å². The van der Waals surface area contributed by atoms with E-state index in [9.17, 15) is 14.4 Å². The van der Waals surface area contributed by atoms with Gasteiger partial charge in [0, 0.05) is 12.2 Å². The minimum Gasteiger partial charge on any atom is -0.478 e. The summed E-state index contributed by atoms with van der Waals surface area (Å²) in [4.78, 5) is 38.0. The zero-order valence-electron chi connectivity index (χ0n) is 15.6. The Labute approximate surface area is 153 Å². The Morgan fingerprint density at radius 3 is 2.62 bits per heavy atom. The first-order valence-electron chi connectivity index (χ1n) is 8.71. The smallest absolute Gasteiger partial charge is 0.326 e. The Bertz CT molecular complexity index is 685. The predicted octanol–water partition coefficient (Wildman–Crippen LogP) is 2.22. The van der Waals surface area contributed by atoms with Crippen LogP contribution in [0.4, 0.5) is 5.69 Å². The van der Waals surface area contributed by atoms with E-state index in [1.165, 1.54) is 11.8 Å². The van der Waals surface area contributed by atoms with Crippen molar-refractivity contribution in [3.05, 3.63) is 23.8 Å². The lowest BCUT2D eigenvalue weighted by Crippen LogP contribution is -2.50. The number of nitrogens with zero attached hydrogens (tertiary/aromatic N) is 1. The third-order valence-electron chi connectivity index (χ3n) is 4.01. The topological polar surface area (TPSA) is 82.1 Å². The van der Waals surface area contributed by atoms with Crippen LogP contribution in [0.2, 0.25) is 0 Å². The molecule has 7 heteroatoms. The molecule has 1 aliphatic heterocycles. The number of anilines is 1. The second kappa shape index (κ2) is 8.80. The van der Waals surface area contributed by atoms with Gasteiger partial charge in [-0.3, -0.25) is 19.3 Å². The standard InChI is InChI=1S/C19H25NO6/c1-5-24-8-9-25-17(22)11-20-15-10-14(13(4)21)6-7-16(15)26-18(12(2)3)19(20)23/h6-7,10,12,18H,5,8-9,11H2,1-4H3. The number of hydrogen-bond donors (Lipinski definition) is 0. The summed E-state index contributed by atoms with van der Waals surface area (Å²) in [5.41, 5.74) is 0.846. The Hall–Kier alpha value is -2.41. The maximum absolute atomic E-state index is 12.8. The number of benzene rings is 1. The average molecular weight is 363 g/mol. The van der Waals surface area contributed by atoms with E-state index >= 15 is 0 Å². The van der Waals surface area contributed by atoms with Crippen LogP contribution in [0.3, 0.4) is 0 Å². The Kier molecular flexibility index (Phi) is 6.74. The lowest BCUT2D eigenvalue weighted by molar-refractivity contribution is -0.145. The highest BCUT2D eigenvalue weighted by Gasteiger charge is 2.37. The van der Waals surface area contributed by atoms with Crippen LogP contribution in [-0.4, -0.2) is 50.1 Å². The van der Waals surface area contributed by atoms with Gasteiger partial charge in [0.2, 0.25) is 0 Å². The van der Waals surface area contributed by atoms with Crippen molar-refractivity contribution in [3.63, 3.8) is 0 Å². The van der Waals surface area contributed by atoms with E-state index in [1.807, 2.05) is 20.8 Å². The summed E-state index contributed by atoms with van der Waals surface area (Å²) in [5.74, 6) is -0.600. The molecule has 26 heavy (non-hydrogen) atoms. The number of carbonyl (C=O) groups excluding carboxylic acids is 3. The molecule has 1 unspecified atom stereocenters. The van der Waals surface area contributed by atoms with E-state index in [1.54, 1.807) is 18.2 Å². The number of fused-ring (bicyclic) bond motifs is 1. The van der Waals surface area contributed by atoms with E-state index in [2.05, 4.69) is 0 Å². The van der Waals surface area contributed by atoms with Gasteiger partial charge < -0.3 is 14.2 Å². The largest absolute Gasteiger partial charge is 0.478 e. The summed E-state index contributed by atoms with van der Waals surface area (Å²) in [7, 11) is 0. The monoisotopic (exact) mass is 363 g/mol. The zero-order chi connectivity index (χ0) is 19.3. The summed E-state index contributed by atoms with van der Waals surface area (Å²) in [6.07, 6.45) is -0.693. The Morgan fingerprint density at radius 2 is 2.00 bits per heavy atom. The highest BCUT2D eigenvalue weighted by Crippen LogP contribution is 2.36. The number of carbonyl (C=O) groups is 3. The van der Waals surface area contributed by atoms with Crippen LogP contribution in [0.15, 0.2) is 18.2 Å². The van der Waals surface area contributed by atoms with Gasteiger partial charge in [-0.2, -0.15) is 0 Å². The summed E-state index contributed by atoms with van der Waals surface area (Å²) in [6.45, 7) is 7.76. The second-order valence-electron chi connectivity index (χ2n) is 6.36. The third-order valence-corrected chi connectivity index (χ3v) is 4.01. The first-order valence-corrected chi connectivity index (χ1v) is 8.71. The fourth-order valence-electron chi connectivity index (χ4n) is 2.62. The molecule has 1 aliphatic rings. The van der Waals surface area contributed by atoms with Gasteiger partial charge in [0.15, 0.2) is 11.9 Å². The number of esters is 1. The van der Waals surface area contributed by atoms with Gasteiger partial charge in [-0.15, -0.1) is 0 Å². The number of hydrogen-bond acceptors (Lipinski definition) is 6. The summed E-state index contributed by atoms with van der Waals surface area (Å²) >= 11 is 0. The van der Waals surface area contributed by atoms with E-state index in [4.69, 9.17) is 14.2 Å². The number of amides is 1. The lowest BCUT2D eigenvalue weighted by atomic mass is 10.0. The van der Waals surface area contributed by atoms with Crippen molar-refractivity contribution in [3.8, 4) is 5.75 Å². The molecule has 142 valence electrons. The van der Waals surface area contributed by atoms with E-state index in [0.717, 1.165) is 0 Å². The molecular weight excluding hydrogens is 338 g/mol. The van der Waals surface area contributed by atoms with Crippen LogP contribution in [0, 0.1) is 5.92 Å². The van der Waals surface area contributed by atoms with Crippen LogP contribution in [-0.2, 0) is 19.1 Å². The van der Waals surface area contributed by atoms with E-state index < -0.39 is 12.1 Å². The first-order chi connectivity index (χ1) is 12.3. The molecule has 1 atom stereocenters. The molecule has 0 N–H and O–H groups in total. The van der Waals surface area contributed by atoms with Gasteiger partial charge in [0.25, 0.3) is 5.91 Å². The molecular formula is C19H25NO6. The van der Waals surface area contributed by atoms with Crippen molar-refractivity contribution in [1.82, 2.24) is 0 Å². The number of ether oxygens (including phenoxy) is 3. The van der Waals surface area contributed by atoms with Crippen LogP contribution in [0.5, 0.6) is 5.75 Å². The molecule has 0 bridgehead atoms. The molecule has 0 saturated carbocycles. The highest BCUT2D eigenvalue weighted by atomic mass is 16.6. The predicted molar refractivity (Wildman–Crippen MR) is 95.5 cm³/mol. The quantitative estimate of drug-likeness (QED) is 0.400. The molecule has 1 aromatic carbocycles. The zero-order valence-corrected chi connectivity index (χ0v) is 15.6. The summed E-state index contributed by atoms with van der Waals surface area (Å²) in [5, 5.41) is 0. The van der Waals surface area contributed by atoms with Crippen LogP contribution >= 0.6 is 0 Å². The summed E-state index contributed by atoms with van der Waals surface area (Å²) in [6, 6.07) is 4.87. The number of Topliss-reactive ketones (excluding diaryl/α,β-unsaturated/α-hetero) is 1. The molecule has 0 saturated heterocycles. The van der Waals surface area contributed by atoms with Gasteiger partial charge in [-0.05, 0) is 38.0 Å². The fraction of sp³-hybridized carbons (Fsp3) is 0.526. The number of rotatable bonds is 8. The molecule has 0 radical (unpaired) electrons. The van der Waals surface area contributed by atoms with Crippen LogP contribution < -0.4 is 9.64 Å². The third kappa shape index (κ3) is 4.60. The normalized spacial score (nSPS) is 16.3. The maximum Gasteiger partial charge on any atom is 0.326 e. The lowest BCUT2D eigenvalue weighted by Gasteiger charge is -2.35. The van der Waals surface area contributed by atoms with Crippen LogP contribution in [0.1, 0.15) is 38.1 Å². The van der Waals surface area contributed by atoms with Crippen molar-refractivity contribution in [2.24, 2.45) is 5.92 Å². The van der Waals surface area contributed by atoms with Crippen molar-refractivity contribution in [2.75, 3.05) is 31.3 Å². The molecule has 2 rings (SSSR count). The minimum absolute atomic E-state index is 0.0698.